The molecule has 1 aromatic rings. The molecule has 0 radical (unpaired) electrons. The summed E-state index contributed by atoms with van der Waals surface area (Å²) in [6.45, 7) is 2.07. The lowest BCUT2D eigenvalue weighted by Crippen LogP contribution is -2.11. The summed E-state index contributed by atoms with van der Waals surface area (Å²) in [5.41, 5.74) is 2.48. The molecule has 1 aromatic carbocycles. The molecule has 1 unspecified atom stereocenters. The van der Waals surface area contributed by atoms with E-state index >= 15 is 0 Å². The number of aliphatic hydroxyl groups is 1. The normalized spacial score (nSPS) is 12.8. The van der Waals surface area contributed by atoms with Gasteiger partial charge in [0.1, 0.15) is 0 Å². The number of halogens is 1. The molecule has 0 aliphatic carbocycles. The summed E-state index contributed by atoms with van der Waals surface area (Å²) in [5.74, 6) is 0.630. The molecule has 0 aliphatic rings. The third kappa shape index (κ3) is 3.69. The molecular weight excluding hydrogens is 196 g/mol. The topological polar surface area (TPSA) is 20.2 Å². The number of benzene rings is 1. The van der Waals surface area contributed by atoms with Gasteiger partial charge in [-0.1, -0.05) is 24.3 Å². The van der Waals surface area contributed by atoms with Crippen molar-refractivity contribution in [3.05, 3.63) is 35.4 Å². The summed E-state index contributed by atoms with van der Waals surface area (Å²) in [7, 11) is 0. The van der Waals surface area contributed by atoms with Crippen molar-refractivity contribution < 1.29 is 5.11 Å². The Morgan fingerprint density at radius 1 is 1.36 bits per heavy atom. The van der Waals surface area contributed by atoms with Crippen molar-refractivity contribution in [2.75, 3.05) is 5.88 Å². The molecule has 1 N–H and O–H groups in total. The largest absolute Gasteiger partial charge is 0.393 e. The lowest BCUT2D eigenvalue weighted by Gasteiger charge is -2.11. The van der Waals surface area contributed by atoms with Crippen molar-refractivity contribution in [3.63, 3.8) is 0 Å². The first-order valence-electron chi connectivity index (χ1n) is 5.02. The highest BCUT2D eigenvalue weighted by atomic mass is 35.5. The minimum atomic E-state index is -0.255. The molecule has 0 saturated carbocycles. The van der Waals surface area contributed by atoms with Gasteiger partial charge in [0.15, 0.2) is 0 Å². The van der Waals surface area contributed by atoms with Crippen molar-refractivity contribution >= 4 is 11.6 Å². The van der Waals surface area contributed by atoms with Crippen LogP contribution >= 0.6 is 11.6 Å². The standard InChI is InChI=1S/C12H17ClO/c1-10-5-2-3-6-11(10)9-12(14)7-4-8-13/h2-3,5-6,12,14H,4,7-9H2,1H3. The van der Waals surface area contributed by atoms with E-state index in [1.807, 2.05) is 12.1 Å². The minimum Gasteiger partial charge on any atom is -0.393 e. The fraction of sp³-hybridized carbons (Fsp3) is 0.500. The van der Waals surface area contributed by atoms with Crippen molar-refractivity contribution in [3.8, 4) is 0 Å². The van der Waals surface area contributed by atoms with Gasteiger partial charge in [-0.2, -0.15) is 0 Å². The molecule has 0 heterocycles. The van der Waals surface area contributed by atoms with Gasteiger partial charge in [-0.3, -0.25) is 0 Å². The zero-order valence-corrected chi connectivity index (χ0v) is 9.30. The van der Waals surface area contributed by atoms with Crippen LogP contribution in [0.15, 0.2) is 24.3 Å². The maximum atomic E-state index is 9.70. The van der Waals surface area contributed by atoms with E-state index in [2.05, 4.69) is 19.1 Å². The van der Waals surface area contributed by atoms with Gasteiger partial charge in [-0.15, -0.1) is 11.6 Å². The number of aliphatic hydroxyl groups excluding tert-OH is 1. The first-order chi connectivity index (χ1) is 6.74. The SMILES string of the molecule is Cc1ccccc1CC(O)CCCCl. The van der Waals surface area contributed by atoms with Gasteiger partial charge in [0.05, 0.1) is 6.10 Å². The molecule has 0 aromatic heterocycles. The van der Waals surface area contributed by atoms with Gasteiger partial charge in [-0.25, -0.2) is 0 Å². The molecule has 2 heteroatoms. The van der Waals surface area contributed by atoms with E-state index in [4.69, 9.17) is 11.6 Å². The highest BCUT2D eigenvalue weighted by Gasteiger charge is 2.06. The molecule has 1 atom stereocenters. The van der Waals surface area contributed by atoms with Crippen molar-refractivity contribution in [2.45, 2.75) is 32.3 Å². The average molecular weight is 213 g/mol. The number of alkyl halides is 1. The van der Waals surface area contributed by atoms with E-state index in [-0.39, 0.29) is 6.10 Å². The highest BCUT2D eigenvalue weighted by Crippen LogP contribution is 2.12. The van der Waals surface area contributed by atoms with E-state index in [9.17, 15) is 5.11 Å². The van der Waals surface area contributed by atoms with Gasteiger partial charge in [0.2, 0.25) is 0 Å². The summed E-state index contributed by atoms with van der Waals surface area (Å²) in [4.78, 5) is 0. The fourth-order valence-corrected chi connectivity index (χ4v) is 1.66. The molecule has 0 spiro atoms. The summed E-state index contributed by atoms with van der Waals surface area (Å²) in [5, 5.41) is 9.70. The number of hydrogen-bond donors (Lipinski definition) is 1. The van der Waals surface area contributed by atoms with E-state index in [0.717, 1.165) is 19.3 Å². The van der Waals surface area contributed by atoms with Crippen LogP contribution in [-0.4, -0.2) is 17.1 Å². The van der Waals surface area contributed by atoms with Crippen LogP contribution < -0.4 is 0 Å². The number of aryl methyl sites for hydroxylation is 1. The monoisotopic (exact) mass is 212 g/mol. The first kappa shape index (κ1) is 11.5. The Morgan fingerprint density at radius 3 is 2.71 bits per heavy atom. The molecule has 0 aliphatic heterocycles. The van der Waals surface area contributed by atoms with Crippen molar-refractivity contribution in [1.29, 1.82) is 0 Å². The van der Waals surface area contributed by atoms with Gasteiger partial charge in [-0.05, 0) is 37.3 Å². The number of rotatable bonds is 5. The maximum absolute atomic E-state index is 9.70. The van der Waals surface area contributed by atoms with Crippen LogP contribution in [0.2, 0.25) is 0 Å². The predicted octanol–water partition coefficient (Wildman–Crippen LogP) is 2.92. The summed E-state index contributed by atoms with van der Waals surface area (Å²) in [6.07, 6.45) is 2.16. The Kier molecular flexibility index (Phi) is 4.99. The molecule has 1 nitrogen and oxygen atoms in total. The van der Waals surface area contributed by atoms with Gasteiger partial charge in [0, 0.05) is 5.88 Å². The third-order valence-corrected chi connectivity index (χ3v) is 2.66. The highest BCUT2D eigenvalue weighted by molar-refractivity contribution is 6.17. The van der Waals surface area contributed by atoms with E-state index < -0.39 is 0 Å². The van der Waals surface area contributed by atoms with Crippen molar-refractivity contribution in [2.24, 2.45) is 0 Å². The van der Waals surface area contributed by atoms with Gasteiger partial charge in [0.25, 0.3) is 0 Å². The lowest BCUT2D eigenvalue weighted by atomic mass is 10.0. The Hall–Kier alpha value is -0.530. The van der Waals surface area contributed by atoms with Crippen LogP contribution in [0.25, 0.3) is 0 Å². The van der Waals surface area contributed by atoms with Crippen LogP contribution in [0.5, 0.6) is 0 Å². The molecule has 0 fully saturated rings. The second-order valence-corrected chi connectivity index (χ2v) is 3.99. The van der Waals surface area contributed by atoms with Crippen LogP contribution in [0, 0.1) is 6.92 Å². The second kappa shape index (κ2) is 6.05. The summed E-state index contributed by atoms with van der Waals surface area (Å²) >= 11 is 5.57. The lowest BCUT2D eigenvalue weighted by molar-refractivity contribution is 0.164. The third-order valence-electron chi connectivity index (χ3n) is 2.39. The molecule has 0 bridgehead atoms. The van der Waals surface area contributed by atoms with Gasteiger partial charge < -0.3 is 5.11 Å². The van der Waals surface area contributed by atoms with Crippen LogP contribution in [0.3, 0.4) is 0 Å². The fourth-order valence-electron chi connectivity index (χ4n) is 1.51. The Morgan fingerprint density at radius 2 is 2.07 bits per heavy atom. The quantitative estimate of drug-likeness (QED) is 0.745. The van der Waals surface area contributed by atoms with E-state index in [0.29, 0.717) is 5.88 Å². The van der Waals surface area contributed by atoms with E-state index in [1.165, 1.54) is 11.1 Å². The van der Waals surface area contributed by atoms with E-state index in [1.54, 1.807) is 0 Å². The summed E-state index contributed by atoms with van der Waals surface area (Å²) < 4.78 is 0. The minimum absolute atomic E-state index is 0.255. The molecule has 1 rings (SSSR count). The van der Waals surface area contributed by atoms with Crippen LogP contribution in [-0.2, 0) is 6.42 Å². The smallest absolute Gasteiger partial charge is 0.0581 e. The molecule has 0 amide bonds. The maximum Gasteiger partial charge on any atom is 0.0581 e. The van der Waals surface area contributed by atoms with Crippen LogP contribution in [0.1, 0.15) is 24.0 Å². The second-order valence-electron chi connectivity index (χ2n) is 3.62. The molecule has 78 valence electrons. The average Bonchev–Trinajstić information content (AvgIpc) is 2.18. The van der Waals surface area contributed by atoms with Gasteiger partial charge >= 0.3 is 0 Å². The first-order valence-corrected chi connectivity index (χ1v) is 5.56. The Labute approximate surface area is 90.7 Å². The zero-order valence-electron chi connectivity index (χ0n) is 8.54. The molecular formula is C12H17ClO. The number of hydrogen-bond acceptors (Lipinski definition) is 1. The Bertz CT molecular complexity index is 273. The molecule has 0 saturated heterocycles. The van der Waals surface area contributed by atoms with Crippen LogP contribution in [0.4, 0.5) is 0 Å². The summed E-state index contributed by atoms with van der Waals surface area (Å²) in [6, 6.07) is 8.17. The Balaban J connectivity index is 2.47. The molecule has 14 heavy (non-hydrogen) atoms. The zero-order chi connectivity index (χ0) is 10.4. The van der Waals surface area contributed by atoms with Crippen molar-refractivity contribution in [1.82, 2.24) is 0 Å². The predicted molar refractivity (Wildman–Crippen MR) is 60.8 cm³/mol.